The molecule has 33 heavy (non-hydrogen) atoms. The van der Waals surface area contributed by atoms with Crippen molar-refractivity contribution in [1.82, 2.24) is 19.9 Å². The van der Waals surface area contributed by atoms with Crippen molar-refractivity contribution in [2.24, 2.45) is 11.7 Å². The maximum absolute atomic E-state index is 11.6. The molecule has 0 bridgehead atoms. The quantitative estimate of drug-likeness (QED) is 0.525. The van der Waals surface area contributed by atoms with E-state index in [1.807, 2.05) is 31.9 Å². The molecule has 1 aromatic carbocycles. The lowest BCUT2D eigenvalue weighted by Gasteiger charge is -2.22. The number of amides is 1. The van der Waals surface area contributed by atoms with E-state index in [0.717, 1.165) is 31.6 Å². The fourth-order valence-corrected chi connectivity index (χ4v) is 3.84. The standard InChI is InChI=1S/C23H33N9O/c1-14(2)12-31(5)23-29-21(26-18-8-9-32(13-18)16(4)11-24)28-22(30-23)27-19-10-17(20(25)33)7-6-15(19)3/h6-7,10,14,16,18H,8-9,12-13H2,1-5H3,(H2,25,33)(H2,26,27,28,29,30)/t16?,18-/m0/s1. The van der Waals surface area contributed by atoms with Gasteiger partial charge in [0, 0.05) is 44.0 Å². The first-order valence-corrected chi connectivity index (χ1v) is 11.2. The molecule has 2 aromatic rings. The number of anilines is 4. The Hall–Kier alpha value is -3.45. The minimum Gasteiger partial charge on any atom is -0.366 e. The highest BCUT2D eigenvalue weighted by Gasteiger charge is 2.27. The molecule has 0 spiro atoms. The van der Waals surface area contributed by atoms with Gasteiger partial charge in [0.05, 0.1) is 12.1 Å². The summed E-state index contributed by atoms with van der Waals surface area (Å²) in [7, 11) is 1.95. The molecule has 2 heterocycles. The van der Waals surface area contributed by atoms with E-state index < -0.39 is 5.91 Å². The number of nitrogens with zero attached hydrogens (tertiary/aromatic N) is 6. The molecule has 0 aliphatic carbocycles. The van der Waals surface area contributed by atoms with Crippen molar-refractivity contribution in [1.29, 1.82) is 5.26 Å². The molecule has 10 heteroatoms. The Balaban J connectivity index is 1.88. The molecule has 1 aromatic heterocycles. The van der Waals surface area contributed by atoms with Crippen LogP contribution in [0.1, 0.15) is 43.1 Å². The van der Waals surface area contributed by atoms with Gasteiger partial charge in [0.25, 0.3) is 0 Å². The molecule has 0 saturated carbocycles. The van der Waals surface area contributed by atoms with Crippen molar-refractivity contribution in [3.8, 4) is 6.07 Å². The number of primary amides is 1. The molecule has 176 valence electrons. The van der Waals surface area contributed by atoms with E-state index in [4.69, 9.17) is 5.73 Å². The summed E-state index contributed by atoms with van der Waals surface area (Å²) in [5.41, 5.74) is 7.49. The van der Waals surface area contributed by atoms with Crippen molar-refractivity contribution in [2.45, 2.75) is 46.2 Å². The number of aromatic nitrogens is 3. The molecule has 3 rings (SSSR count). The summed E-state index contributed by atoms with van der Waals surface area (Å²) in [6.45, 7) is 10.5. The van der Waals surface area contributed by atoms with Crippen molar-refractivity contribution in [3.63, 3.8) is 0 Å². The Labute approximate surface area is 195 Å². The molecule has 1 unspecified atom stereocenters. The van der Waals surface area contributed by atoms with E-state index in [1.165, 1.54) is 0 Å². The maximum Gasteiger partial charge on any atom is 0.248 e. The van der Waals surface area contributed by atoms with Crippen LogP contribution in [-0.2, 0) is 0 Å². The lowest BCUT2D eigenvalue weighted by atomic mass is 10.1. The Morgan fingerprint density at radius 3 is 2.70 bits per heavy atom. The average Bonchev–Trinajstić information content (AvgIpc) is 3.22. The molecule has 4 N–H and O–H groups in total. The number of nitrogens with two attached hydrogens (primary N) is 1. The van der Waals surface area contributed by atoms with Crippen molar-refractivity contribution >= 4 is 29.4 Å². The predicted molar refractivity (Wildman–Crippen MR) is 130 cm³/mol. The van der Waals surface area contributed by atoms with Crippen molar-refractivity contribution in [3.05, 3.63) is 29.3 Å². The number of aryl methyl sites for hydroxylation is 1. The fourth-order valence-electron chi connectivity index (χ4n) is 3.84. The van der Waals surface area contributed by atoms with Gasteiger partial charge in [-0.15, -0.1) is 0 Å². The molecule has 1 fully saturated rings. The third-order valence-corrected chi connectivity index (χ3v) is 5.66. The molecule has 0 radical (unpaired) electrons. The summed E-state index contributed by atoms with van der Waals surface area (Å²) in [6.07, 6.45) is 0.900. The molecule has 2 atom stereocenters. The highest BCUT2D eigenvalue weighted by atomic mass is 16.1. The second-order valence-corrected chi connectivity index (χ2v) is 9.01. The molecule has 1 aliphatic heterocycles. The number of benzene rings is 1. The fraction of sp³-hybridized carbons (Fsp3) is 0.522. The van der Waals surface area contributed by atoms with Crippen LogP contribution in [0, 0.1) is 24.2 Å². The van der Waals surface area contributed by atoms with Crippen molar-refractivity contribution < 1.29 is 4.79 Å². The first-order chi connectivity index (χ1) is 15.7. The van der Waals surface area contributed by atoms with Crippen LogP contribution in [0.2, 0.25) is 0 Å². The zero-order valence-electron chi connectivity index (χ0n) is 20.0. The number of nitriles is 1. The number of hydrogen-bond donors (Lipinski definition) is 3. The number of hydrogen-bond acceptors (Lipinski definition) is 9. The zero-order valence-corrected chi connectivity index (χ0v) is 20.0. The van der Waals surface area contributed by atoms with Crippen LogP contribution in [0.15, 0.2) is 18.2 Å². The molecule has 1 aliphatic rings. The Kier molecular flexibility index (Phi) is 7.66. The zero-order chi connectivity index (χ0) is 24.1. The van der Waals surface area contributed by atoms with E-state index in [2.05, 4.69) is 50.4 Å². The van der Waals surface area contributed by atoms with Gasteiger partial charge in [-0.25, -0.2) is 0 Å². The average molecular weight is 452 g/mol. The van der Waals surface area contributed by atoms with Gasteiger partial charge in [0.1, 0.15) is 0 Å². The van der Waals surface area contributed by atoms with Gasteiger partial charge in [-0.2, -0.15) is 20.2 Å². The van der Waals surface area contributed by atoms with Crippen LogP contribution in [0.4, 0.5) is 23.5 Å². The minimum atomic E-state index is -0.495. The van der Waals surface area contributed by atoms with Crippen LogP contribution in [0.25, 0.3) is 0 Å². The highest BCUT2D eigenvalue weighted by Crippen LogP contribution is 2.23. The van der Waals surface area contributed by atoms with Crippen LogP contribution in [-0.4, -0.2) is 64.5 Å². The van der Waals surface area contributed by atoms with E-state index >= 15 is 0 Å². The van der Waals surface area contributed by atoms with E-state index in [-0.39, 0.29) is 12.1 Å². The van der Waals surface area contributed by atoms with Gasteiger partial charge < -0.3 is 21.3 Å². The second kappa shape index (κ2) is 10.4. The molecule has 1 amide bonds. The van der Waals surface area contributed by atoms with E-state index in [9.17, 15) is 10.1 Å². The van der Waals surface area contributed by atoms with Gasteiger partial charge >= 0.3 is 0 Å². The number of rotatable bonds is 9. The normalized spacial score (nSPS) is 16.9. The number of carbonyl (C=O) groups excluding carboxylic acids is 1. The third-order valence-electron chi connectivity index (χ3n) is 5.66. The predicted octanol–water partition coefficient (Wildman–Crippen LogP) is 2.51. The molecule has 1 saturated heterocycles. The SMILES string of the molecule is Cc1ccc(C(N)=O)cc1Nc1nc(N[C@H]2CCN(C(C)C#N)C2)nc(N(C)CC(C)C)n1. The minimum absolute atomic E-state index is 0.124. The third kappa shape index (κ3) is 6.29. The van der Waals surface area contributed by atoms with Crippen LogP contribution in [0.5, 0.6) is 0 Å². The first kappa shape index (κ1) is 24.2. The Bertz CT molecular complexity index is 1030. The topological polar surface area (TPSA) is 136 Å². The van der Waals surface area contributed by atoms with Gasteiger partial charge in [0.2, 0.25) is 23.8 Å². The monoisotopic (exact) mass is 451 g/mol. The Morgan fingerprint density at radius 2 is 2.03 bits per heavy atom. The molecule has 10 nitrogen and oxygen atoms in total. The summed E-state index contributed by atoms with van der Waals surface area (Å²) < 4.78 is 0. The second-order valence-electron chi connectivity index (χ2n) is 9.01. The summed E-state index contributed by atoms with van der Waals surface area (Å²) in [5.74, 6) is 1.34. The molecular formula is C23H33N9O. The summed E-state index contributed by atoms with van der Waals surface area (Å²) in [6, 6.07) is 7.53. The lowest BCUT2D eigenvalue weighted by Crippen LogP contribution is -2.32. The Morgan fingerprint density at radius 1 is 1.30 bits per heavy atom. The first-order valence-electron chi connectivity index (χ1n) is 11.2. The highest BCUT2D eigenvalue weighted by molar-refractivity contribution is 5.94. The largest absolute Gasteiger partial charge is 0.366 e. The summed E-state index contributed by atoms with van der Waals surface area (Å²) in [5, 5.41) is 15.8. The lowest BCUT2D eigenvalue weighted by molar-refractivity contribution is 0.100. The number of likely N-dealkylation sites (tertiary alicyclic amines) is 1. The van der Waals surface area contributed by atoms with Crippen LogP contribution < -0.4 is 21.3 Å². The number of nitrogens with one attached hydrogen (secondary N) is 2. The van der Waals surface area contributed by atoms with E-state index in [1.54, 1.807) is 12.1 Å². The molecular weight excluding hydrogens is 418 g/mol. The summed E-state index contributed by atoms with van der Waals surface area (Å²) >= 11 is 0. The number of carbonyl (C=O) groups is 1. The van der Waals surface area contributed by atoms with Crippen molar-refractivity contribution in [2.75, 3.05) is 42.2 Å². The van der Waals surface area contributed by atoms with Crippen LogP contribution >= 0.6 is 0 Å². The van der Waals surface area contributed by atoms with E-state index in [0.29, 0.717) is 35.0 Å². The van der Waals surface area contributed by atoms with Crippen LogP contribution in [0.3, 0.4) is 0 Å². The van der Waals surface area contributed by atoms with Gasteiger partial charge in [-0.05, 0) is 43.9 Å². The van der Waals surface area contributed by atoms with Gasteiger partial charge in [-0.1, -0.05) is 19.9 Å². The van der Waals surface area contributed by atoms with Gasteiger partial charge in [0.15, 0.2) is 0 Å². The van der Waals surface area contributed by atoms with Gasteiger partial charge in [-0.3, -0.25) is 9.69 Å². The smallest absolute Gasteiger partial charge is 0.248 e. The summed E-state index contributed by atoms with van der Waals surface area (Å²) in [4.78, 5) is 29.6. The maximum atomic E-state index is 11.6.